The van der Waals surface area contributed by atoms with Crippen molar-refractivity contribution in [3.63, 3.8) is 0 Å². The van der Waals surface area contributed by atoms with Gasteiger partial charge >= 0.3 is 0 Å². The minimum atomic E-state index is -1.03. The highest BCUT2D eigenvalue weighted by Gasteiger charge is 2.08. The Bertz CT molecular complexity index is 644. The zero-order valence-corrected chi connectivity index (χ0v) is 11.7. The van der Waals surface area contributed by atoms with Gasteiger partial charge in [0, 0.05) is 35.7 Å². The molecule has 0 aliphatic rings. The van der Waals surface area contributed by atoms with Crippen LogP contribution < -0.4 is 10.6 Å². The predicted molar refractivity (Wildman–Crippen MR) is 76.3 cm³/mol. The minimum absolute atomic E-state index is 0.0366. The first-order valence-electron chi connectivity index (χ1n) is 6.11. The Morgan fingerprint density at radius 1 is 1.14 bits per heavy atom. The lowest BCUT2D eigenvalue weighted by molar-refractivity contribution is -0.116. The maximum Gasteiger partial charge on any atom is 0.252 e. The molecular weight excluding hydrogens is 298 g/mol. The molecule has 2 N–H and O–H groups in total. The summed E-state index contributed by atoms with van der Waals surface area (Å²) < 4.78 is 25.7. The van der Waals surface area contributed by atoms with Crippen molar-refractivity contribution in [1.29, 1.82) is 0 Å². The number of hydrogen-bond acceptors (Lipinski definition) is 3. The van der Waals surface area contributed by atoms with Crippen LogP contribution in [-0.4, -0.2) is 18.4 Å². The Labute approximate surface area is 123 Å². The molecule has 0 unspecified atom stereocenters. The molecule has 0 fully saturated rings. The highest BCUT2D eigenvalue weighted by atomic mass is 32.1. The van der Waals surface area contributed by atoms with Gasteiger partial charge in [-0.25, -0.2) is 8.78 Å². The number of anilines is 1. The fourth-order valence-corrected chi connectivity index (χ4v) is 2.22. The number of carbonyl (C=O) groups is 2. The van der Waals surface area contributed by atoms with E-state index in [1.54, 1.807) is 16.8 Å². The van der Waals surface area contributed by atoms with Crippen LogP contribution in [0, 0.1) is 11.6 Å². The molecule has 4 nitrogen and oxygen atoms in total. The summed E-state index contributed by atoms with van der Waals surface area (Å²) in [5.41, 5.74) is 0.712. The third kappa shape index (κ3) is 4.35. The molecule has 2 aromatic rings. The minimum Gasteiger partial charge on any atom is -0.351 e. The lowest BCUT2D eigenvalue weighted by Gasteiger charge is -2.06. The fraction of sp³-hybridized carbons (Fsp3) is 0.143. The largest absolute Gasteiger partial charge is 0.351 e. The Balaban J connectivity index is 1.77. The maximum atomic E-state index is 13.0. The van der Waals surface area contributed by atoms with Crippen molar-refractivity contribution >= 4 is 28.8 Å². The number of hydrogen-bond donors (Lipinski definition) is 2. The van der Waals surface area contributed by atoms with Gasteiger partial charge in [-0.2, -0.15) is 11.3 Å². The number of nitrogens with one attached hydrogen (secondary N) is 2. The molecule has 0 bridgehead atoms. The van der Waals surface area contributed by atoms with E-state index in [0.717, 1.165) is 12.1 Å². The van der Waals surface area contributed by atoms with Crippen molar-refractivity contribution in [2.45, 2.75) is 6.42 Å². The van der Waals surface area contributed by atoms with Gasteiger partial charge in [-0.3, -0.25) is 9.59 Å². The summed E-state index contributed by atoms with van der Waals surface area (Å²) in [6.07, 6.45) is 0.0366. The lowest BCUT2D eigenvalue weighted by atomic mass is 10.2. The van der Waals surface area contributed by atoms with Crippen LogP contribution in [0.15, 0.2) is 35.0 Å². The summed E-state index contributed by atoms with van der Waals surface area (Å²) >= 11 is 1.41. The highest BCUT2D eigenvalue weighted by molar-refractivity contribution is 7.08. The third-order valence-electron chi connectivity index (χ3n) is 2.62. The molecular formula is C14H12F2N2O2S. The number of thiophene rings is 1. The van der Waals surface area contributed by atoms with E-state index in [2.05, 4.69) is 10.6 Å². The van der Waals surface area contributed by atoms with E-state index in [9.17, 15) is 18.4 Å². The topological polar surface area (TPSA) is 58.2 Å². The van der Waals surface area contributed by atoms with Gasteiger partial charge in [0.25, 0.3) is 5.91 Å². The monoisotopic (exact) mass is 310 g/mol. The summed E-state index contributed by atoms with van der Waals surface area (Å²) in [5.74, 6) is -2.65. The summed E-state index contributed by atoms with van der Waals surface area (Å²) in [6.45, 7) is 0.157. The van der Waals surface area contributed by atoms with Crippen LogP contribution in [0.5, 0.6) is 0 Å². The van der Waals surface area contributed by atoms with Crippen molar-refractivity contribution in [3.8, 4) is 0 Å². The van der Waals surface area contributed by atoms with Gasteiger partial charge in [-0.05, 0) is 23.6 Å². The number of halogens is 2. The predicted octanol–water partition coefficient (Wildman–Crippen LogP) is 2.78. The number of carbonyl (C=O) groups excluding carboxylic acids is 2. The van der Waals surface area contributed by atoms with Crippen LogP contribution in [0.4, 0.5) is 14.5 Å². The quantitative estimate of drug-likeness (QED) is 0.892. The van der Waals surface area contributed by atoms with Gasteiger partial charge in [0.1, 0.15) is 0 Å². The molecule has 2 rings (SSSR count). The van der Waals surface area contributed by atoms with E-state index in [0.29, 0.717) is 5.56 Å². The number of rotatable bonds is 5. The summed E-state index contributed by atoms with van der Waals surface area (Å²) in [6, 6.07) is 4.78. The molecule has 0 saturated heterocycles. The molecule has 2 amide bonds. The second-order valence-electron chi connectivity index (χ2n) is 4.19. The molecule has 0 radical (unpaired) electrons. The van der Waals surface area contributed by atoms with Gasteiger partial charge in [0.05, 0.1) is 0 Å². The molecule has 0 saturated carbocycles. The third-order valence-corrected chi connectivity index (χ3v) is 3.31. The first-order valence-corrected chi connectivity index (χ1v) is 7.06. The van der Waals surface area contributed by atoms with Crippen molar-refractivity contribution in [2.24, 2.45) is 0 Å². The normalized spacial score (nSPS) is 10.2. The number of benzene rings is 1. The second kappa shape index (κ2) is 6.94. The highest BCUT2D eigenvalue weighted by Crippen LogP contribution is 2.13. The molecule has 0 aliphatic heterocycles. The van der Waals surface area contributed by atoms with Crippen LogP contribution >= 0.6 is 11.3 Å². The molecule has 7 heteroatoms. The van der Waals surface area contributed by atoms with E-state index in [4.69, 9.17) is 0 Å². The molecule has 0 aliphatic carbocycles. The van der Waals surface area contributed by atoms with E-state index in [1.807, 2.05) is 0 Å². The fourth-order valence-electron chi connectivity index (χ4n) is 1.58. The standard InChI is InChI=1S/C14H12F2N2O2S/c15-11-2-1-10(7-12(11)16)18-13(19)3-5-17-14(20)9-4-6-21-8-9/h1-2,4,6-8H,3,5H2,(H,17,20)(H,18,19). The Kier molecular flexibility index (Phi) is 4.99. The van der Waals surface area contributed by atoms with Gasteiger partial charge in [0.2, 0.25) is 5.91 Å². The maximum absolute atomic E-state index is 13.0. The molecule has 1 heterocycles. The molecule has 1 aromatic heterocycles. The zero-order chi connectivity index (χ0) is 15.2. The first kappa shape index (κ1) is 15.1. The van der Waals surface area contributed by atoms with Crippen LogP contribution in [-0.2, 0) is 4.79 Å². The van der Waals surface area contributed by atoms with Crippen LogP contribution in [0.2, 0.25) is 0 Å². The zero-order valence-electron chi connectivity index (χ0n) is 10.9. The summed E-state index contributed by atoms with van der Waals surface area (Å²) in [7, 11) is 0. The Morgan fingerprint density at radius 2 is 1.95 bits per heavy atom. The van der Waals surface area contributed by atoms with Crippen molar-refractivity contribution in [2.75, 3.05) is 11.9 Å². The van der Waals surface area contributed by atoms with E-state index in [-0.39, 0.29) is 24.6 Å². The van der Waals surface area contributed by atoms with Crippen LogP contribution in [0.1, 0.15) is 16.8 Å². The van der Waals surface area contributed by atoms with Gasteiger partial charge in [0.15, 0.2) is 11.6 Å². The van der Waals surface area contributed by atoms with Gasteiger partial charge < -0.3 is 10.6 Å². The van der Waals surface area contributed by atoms with Crippen molar-refractivity contribution < 1.29 is 18.4 Å². The van der Waals surface area contributed by atoms with Gasteiger partial charge in [-0.1, -0.05) is 0 Å². The second-order valence-corrected chi connectivity index (χ2v) is 4.98. The first-order chi connectivity index (χ1) is 10.1. The van der Waals surface area contributed by atoms with Crippen molar-refractivity contribution in [3.05, 3.63) is 52.2 Å². The SMILES string of the molecule is O=C(CCNC(=O)c1ccsc1)Nc1ccc(F)c(F)c1. The summed E-state index contributed by atoms with van der Waals surface area (Å²) in [5, 5.41) is 8.51. The van der Waals surface area contributed by atoms with Crippen LogP contribution in [0.3, 0.4) is 0 Å². The van der Waals surface area contributed by atoms with Gasteiger partial charge in [-0.15, -0.1) is 0 Å². The van der Waals surface area contributed by atoms with E-state index < -0.39 is 17.5 Å². The Morgan fingerprint density at radius 3 is 2.62 bits per heavy atom. The molecule has 21 heavy (non-hydrogen) atoms. The molecule has 0 spiro atoms. The van der Waals surface area contributed by atoms with Crippen molar-refractivity contribution in [1.82, 2.24) is 5.32 Å². The molecule has 0 atom stereocenters. The summed E-state index contributed by atoms with van der Waals surface area (Å²) in [4.78, 5) is 23.2. The lowest BCUT2D eigenvalue weighted by Crippen LogP contribution is -2.27. The molecule has 110 valence electrons. The smallest absolute Gasteiger partial charge is 0.252 e. The number of amides is 2. The Hall–Kier alpha value is -2.28. The average molecular weight is 310 g/mol. The van der Waals surface area contributed by atoms with E-state index >= 15 is 0 Å². The van der Waals surface area contributed by atoms with Crippen LogP contribution in [0.25, 0.3) is 0 Å². The average Bonchev–Trinajstić information content (AvgIpc) is 2.97. The molecule has 1 aromatic carbocycles. The van der Waals surface area contributed by atoms with E-state index in [1.165, 1.54) is 17.4 Å².